The van der Waals surface area contributed by atoms with E-state index in [0.717, 1.165) is 53.9 Å². The number of amides is 1. The fraction of sp³-hybridized carbons (Fsp3) is 0.417. The number of carbonyl (C=O) groups excluding carboxylic acids is 1. The highest BCUT2D eigenvalue weighted by Gasteiger charge is 2.23. The molecule has 4 aromatic rings. The number of nitrogens with one attached hydrogen (secondary N) is 1. The molecule has 0 radical (unpaired) electrons. The summed E-state index contributed by atoms with van der Waals surface area (Å²) in [5.74, 6) is 0.611. The first-order valence-electron chi connectivity index (χ1n) is 11.3. The molecule has 32 heavy (non-hydrogen) atoms. The molecule has 3 N–H and O–H groups in total. The Bertz CT molecular complexity index is 1290. The van der Waals surface area contributed by atoms with Crippen molar-refractivity contribution in [3.63, 3.8) is 0 Å². The number of H-pyrrole nitrogens is 1. The van der Waals surface area contributed by atoms with Crippen molar-refractivity contribution >= 4 is 22.5 Å². The number of benzene rings is 1. The average Bonchev–Trinajstić information content (AvgIpc) is 3.38. The molecule has 8 nitrogen and oxygen atoms in total. The van der Waals surface area contributed by atoms with Crippen LogP contribution in [0, 0.1) is 6.92 Å². The first-order chi connectivity index (χ1) is 15.4. The van der Waals surface area contributed by atoms with Crippen LogP contribution in [0.3, 0.4) is 0 Å². The number of aryl methyl sites for hydroxylation is 1. The minimum atomic E-state index is -0.249. The Labute approximate surface area is 186 Å². The van der Waals surface area contributed by atoms with Crippen LogP contribution in [0.1, 0.15) is 55.2 Å². The van der Waals surface area contributed by atoms with Crippen molar-refractivity contribution < 1.29 is 4.79 Å². The summed E-state index contributed by atoms with van der Waals surface area (Å²) in [5.41, 5.74) is 13.2. The number of fused-ring (bicyclic) bond motifs is 2. The molecule has 8 heteroatoms. The van der Waals surface area contributed by atoms with Crippen LogP contribution in [0.5, 0.6) is 0 Å². The Morgan fingerprint density at radius 1 is 1.25 bits per heavy atom. The minimum absolute atomic E-state index is 0.249. The van der Waals surface area contributed by atoms with Gasteiger partial charge in [-0.2, -0.15) is 4.52 Å². The number of tetrazole rings is 1. The summed E-state index contributed by atoms with van der Waals surface area (Å²) in [6.45, 7) is 8.69. The van der Waals surface area contributed by atoms with E-state index in [1.807, 2.05) is 13.1 Å². The minimum Gasteiger partial charge on any atom is -0.369 e. The zero-order chi connectivity index (χ0) is 22.4. The number of hydrogen-bond donors (Lipinski definition) is 2. The number of hydrogen-bond acceptors (Lipinski definition) is 5. The molecule has 1 saturated heterocycles. The highest BCUT2D eigenvalue weighted by Crippen LogP contribution is 2.38. The van der Waals surface area contributed by atoms with Crippen LogP contribution in [-0.4, -0.2) is 55.5 Å². The lowest BCUT2D eigenvalue weighted by Gasteiger charge is -2.31. The lowest BCUT2D eigenvalue weighted by Crippen LogP contribution is -2.39. The Morgan fingerprint density at radius 3 is 2.75 bits per heavy atom. The van der Waals surface area contributed by atoms with Crippen LogP contribution >= 0.6 is 0 Å². The summed E-state index contributed by atoms with van der Waals surface area (Å²) in [5, 5.41) is 13.3. The number of nitrogens with two attached hydrogens (primary N) is 1. The predicted octanol–water partition coefficient (Wildman–Crippen LogP) is 3.37. The standard InChI is InChI=1S/C24H29N7O/c1-14(2)22-19-11-17(16-6-8-30(9-7-16)13-21(25)32)4-5-20(19)26-23(22)18-10-15(3)24-27-28-29-31(24)12-18/h4-5,10-12,14,16,26H,6-9,13H2,1-3H3,(H2,25,32). The first kappa shape index (κ1) is 20.6. The van der Waals surface area contributed by atoms with Crippen molar-refractivity contribution in [3.05, 3.63) is 47.2 Å². The van der Waals surface area contributed by atoms with Crippen LogP contribution in [0.2, 0.25) is 0 Å². The smallest absolute Gasteiger partial charge is 0.231 e. The largest absolute Gasteiger partial charge is 0.369 e. The third-order valence-corrected chi connectivity index (χ3v) is 6.65. The van der Waals surface area contributed by atoms with Gasteiger partial charge in [-0.3, -0.25) is 9.69 Å². The van der Waals surface area contributed by atoms with Crippen LogP contribution in [0.15, 0.2) is 30.5 Å². The van der Waals surface area contributed by atoms with E-state index in [9.17, 15) is 4.79 Å². The van der Waals surface area contributed by atoms with Gasteiger partial charge in [0, 0.05) is 22.7 Å². The number of piperidine rings is 1. The maximum atomic E-state index is 11.2. The molecule has 5 rings (SSSR count). The van der Waals surface area contributed by atoms with Gasteiger partial charge in [-0.1, -0.05) is 19.9 Å². The number of aromatic nitrogens is 5. The maximum Gasteiger partial charge on any atom is 0.231 e. The van der Waals surface area contributed by atoms with E-state index in [1.165, 1.54) is 16.5 Å². The first-order valence-corrected chi connectivity index (χ1v) is 11.3. The van der Waals surface area contributed by atoms with E-state index in [0.29, 0.717) is 18.4 Å². The average molecular weight is 432 g/mol. The molecule has 0 aliphatic carbocycles. The van der Waals surface area contributed by atoms with Crippen LogP contribution in [0.25, 0.3) is 27.8 Å². The summed E-state index contributed by atoms with van der Waals surface area (Å²) < 4.78 is 1.74. The summed E-state index contributed by atoms with van der Waals surface area (Å²) in [6.07, 6.45) is 4.08. The maximum absolute atomic E-state index is 11.2. The Hall–Kier alpha value is -3.26. The Morgan fingerprint density at radius 2 is 2.03 bits per heavy atom. The quantitative estimate of drug-likeness (QED) is 0.504. The highest BCUT2D eigenvalue weighted by molar-refractivity contribution is 5.92. The van der Waals surface area contributed by atoms with E-state index in [2.05, 4.69) is 63.5 Å². The van der Waals surface area contributed by atoms with Crippen molar-refractivity contribution in [3.8, 4) is 11.3 Å². The highest BCUT2D eigenvalue weighted by atomic mass is 16.1. The summed E-state index contributed by atoms with van der Waals surface area (Å²) in [6, 6.07) is 8.97. The van der Waals surface area contributed by atoms with Crippen LogP contribution in [0.4, 0.5) is 0 Å². The molecule has 0 atom stereocenters. The molecule has 1 aliphatic rings. The van der Waals surface area contributed by atoms with E-state index in [-0.39, 0.29) is 5.91 Å². The number of pyridine rings is 1. The number of carbonyl (C=O) groups is 1. The van der Waals surface area contributed by atoms with Crippen molar-refractivity contribution in [1.29, 1.82) is 0 Å². The molecule has 0 bridgehead atoms. The van der Waals surface area contributed by atoms with Crippen molar-refractivity contribution in [1.82, 2.24) is 29.9 Å². The van der Waals surface area contributed by atoms with Gasteiger partial charge in [-0.25, -0.2) is 0 Å². The summed E-state index contributed by atoms with van der Waals surface area (Å²) in [4.78, 5) is 17.0. The van der Waals surface area contributed by atoms with E-state index in [1.54, 1.807) is 4.52 Å². The summed E-state index contributed by atoms with van der Waals surface area (Å²) >= 11 is 0. The molecule has 3 aromatic heterocycles. The van der Waals surface area contributed by atoms with Crippen LogP contribution < -0.4 is 5.73 Å². The van der Waals surface area contributed by atoms with Gasteiger partial charge < -0.3 is 10.7 Å². The second-order valence-corrected chi connectivity index (χ2v) is 9.25. The number of aromatic amines is 1. The molecule has 1 amide bonds. The molecule has 0 saturated carbocycles. The van der Waals surface area contributed by atoms with E-state index >= 15 is 0 Å². The normalized spacial score (nSPS) is 15.9. The Balaban J connectivity index is 1.52. The van der Waals surface area contributed by atoms with Crippen molar-refractivity contribution in [2.24, 2.45) is 5.73 Å². The zero-order valence-corrected chi connectivity index (χ0v) is 18.8. The molecule has 4 heterocycles. The van der Waals surface area contributed by atoms with Crippen molar-refractivity contribution in [2.45, 2.75) is 45.4 Å². The SMILES string of the molecule is Cc1cc(-c2[nH]c3ccc(C4CCN(CC(N)=O)CC4)cc3c2C(C)C)cn2nnnc12. The predicted molar refractivity (Wildman–Crippen MR) is 125 cm³/mol. The third-order valence-electron chi connectivity index (χ3n) is 6.65. The summed E-state index contributed by atoms with van der Waals surface area (Å²) in [7, 11) is 0. The van der Waals surface area contributed by atoms with Gasteiger partial charge in [-0.15, -0.1) is 5.10 Å². The van der Waals surface area contributed by atoms with E-state index < -0.39 is 0 Å². The van der Waals surface area contributed by atoms with Gasteiger partial charge in [0.05, 0.1) is 12.2 Å². The molecule has 1 fully saturated rings. The Kier molecular flexibility index (Phi) is 5.17. The lowest BCUT2D eigenvalue weighted by atomic mass is 9.87. The molecular weight excluding hydrogens is 402 g/mol. The van der Waals surface area contributed by atoms with Crippen LogP contribution in [-0.2, 0) is 4.79 Å². The fourth-order valence-electron chi connectivity index (χ4n) is 5.10. The molecule has 0 unspecified atom stereocenters. The molecule has 0 spiro atoms. The van der Waals surface area contributed by atoms with Gasteiger partial charge in [0.2, 0.25) is 5.91 Å². The third kappa shape index (κ3) is 3.64. The van der Waals surface area contributed by atoms with Gasteiger partial charge >= 0.3 is 0 Å². The number of nitrogens with zero attached hydrogens (tertiary/aromatic N) is 5. The fourth-order valence-corrected chi connectivity index (χ4v) is 5.10. The molecule has 1 aliphatic heterocycles. The van der Waals surface area contributed by atoms with Gasteiger partial charge in [0.1, 0.15) is 0 Å². The van der Waals surface area contributed by atoms with Gasteiger partial charge in [0.25, 0.3) is 0 Å². The van der Waals surface area contributed by atoms with Gasteiger partial charge in [0.15, 0.2) is 5.65 Å². The topological polar surface area (TPSA) is 105 Å². The second kappa shape index (κ2) is 8.02. The monoisotopic (exact) mass is 431 g/mol. The second-order valence-electron chi connectivity index (χ2n) is 9.25. The molecule has 1 aromatic carbocycles. The zero-order valence-electron chi connectivity index (χ0n) is 18.8. The number of primary amides is 1. The van der Waals surface area contributed by atoms with E-state index in [4.69, 9.17) is 5.73 Å². The lowest BCUT2D eigenvalue weighted by molar-refractivity contribution is -0.119. The number of likely N-dealkylation sites (tertiary alicyclic amines) is 1. The molecule has 166 valence electrons. The van der Waals surface area contributed by atoms with Crippen molar-refractivity contribution in [2.75, 3.05) is 19.6 Å². The van der Waals surface area contributed by atoms with Gasteiger partial charge in [-0.05, 0) is 90.0 Å². The number of rotatable bonds is 5. The molecular formula is C24H29N7O.